The normalized spacial score (nSPS) is 10.9. The van der Waals surface area contributed by atoms with E-state index in [4.69, 9.17) is 0 Å². The molecule has 0 fully saturated rings. The van der Waals surface area contributed by atoms with Crippen LogP contribution in [-0.4, -0.2) is 26.2 Å². The highest BCUT2D eigenvalue weighted by atomic mass is 16.3. The zero-order chi connectivity index (χ0) is 16.1. The molecule has 5 heteroatoms. The number of aromatic hydroxyl groups is 4. The van der Waals surface area contributed by atoms with Gasteiger partial charge >= 0.3 is 0 Å². The van der Waals surface area contributed by atoms with Crippen molar-refractivity contribution < 1.29 is 25.2 Å². The summed E-state index contributed by atoms with van der Waals surface area (Å²) in [6.07, 6.45) is 3.64. The fourth-order valence-electron chi connectivity index (χ4n) is 1.91. The van der Waals surface area contributed by atoms with Crippen molar-refractivity contribution in [1.82, 2.24) is 0 Å². The third-order valence-electron chi connectivity index (χ3n) is 3.16. The number of allylic oxidation sites excluding steroid dienone is 1. The van der Waals surface area contributed by atoms with Crippen molar-refractivity contribution in [2.75, 3.05) is 0 Å². The number of carbonyl (C=O) groups is 1. The Kier molecular flexibility index (Phi) is 4.68. The molecule has 4 N–H and O–H groups in total. The number of phenols is 4. The summed E-state index contributed by atoms with van der Waals surface area (Å²) in [7, 11) is 0. The second-order valence-corrected chi connectivity index (χ2v) is 4.87. The smallest absolute Gasteiger partial charge is 0.157 e. The zero-order valence-electron chi connectivity index (χ0n) is 11.7. The van der Waals surface area contributed by atoms with E-state index in [1.165, 1.54) is 30.3 Å². The fraction of sp³-hybridized carbons (Fsp3) is 0.118. The zero-order valence-corrected chi connectivity index (χ0v) is 11.7. The standard InChI is InChI=1S/C17H16O5/c18-13(5-1-11-3-7-14(19)16(21)9-11)6-2-12-4-8-15(20)17(22)10-12/h1,3-5,7-10,19-22H,2,6H2. The molecule has 0 saturated carbocycles. The van der Waals surface area contributed by atoms with E-state index in [0.29, 0.717) is 12.0 Å². The SMILES string of the molecule is O=C(C=Cc1ccc(O)c(O)c1)CCc1ccc(O)c(O)c1. The second-order valence-electron chi connectivity index (χ2n) is 4.87. The molecule has 114 valence electrons. The van der Waals surface area contributed by atoms with Gasteiger partial charge in [-0.3, -0.25) is 4.79 Å². The summed E-state index contributed by atoms with van der Waals surface area (Å²) in [5.41, 5.74) is 1.35. The summed E-state index contributed by atoms with van der Waals surface area (Å²) in [6.45, 7) is 0. The van der Waals surface area contributed by atoms with E-state index in [1.54, 1.807) is 18.2 Å². The van der Waals surface area contributed by atoms with Crippen LogP contribution in [0.4, 0.5) is 0 Å². The highest BCUT2D eigenvalue weighted by molar-refractivity contribution is 5.93. The Morgan fingerprint density at radius 1 is 0.864 bits per heavy atom. The largest absolute Gasteiger partial charge is 0.504 e. The first-order valence-corrected chi connectivity index (χ1v) is 6.69. The predicted octanol–water partition coefficient (Wildman–Crippen LogP) is 2.72. The summed E-state index contributed by atoms with van der Waals surface area (Å²) in [4.78, 5) is 11.8. The molecule has 0 aliphatic rings. The Bertz CT molecular complexity index is 719. The van der Waals surface area contributed by atoms with Crippen LogP contribution >= 0.6 is 0 Å². The number of carbonyl (C=O) groups excluding carboxylic acids is 1. The molecule has 5 nitrogen and oxygen atoms in total. The van der Waals surface area contributed by atoms with E-state index in [2.05, 4.69) is 0 Å². The van der Waals surface area contributed by atoms with Crippen LogP contribution in [0.25, 0.3) is 6.08 Å². The molecule has 2 rings (SSSR count). The van der Waals surface area contributed by atoms with E-state index in [0.717, 1.165) is 5.56 Å². The minimum atomic E-state index is -0.242. The van der Waals surface area contributed by atoms with Gasteiger partial charge in [-0.1, -0.05) is 18.2 Å². The molecule has 0 aliphatic carbocycles. The average molecular weight is 300 g/mol. The summed E-state index contributed by atoms with van der Waals surface area (Å²) in [6, 6.07) is 8.73. The minimum absolute atomic E-state index is 0.111. The Morgan fingerprint density at radius 3 is 2.14 bits per heavy atom. The predicted molar refractivity (Wildman–Crippen MR) is 81.9 cm³/mol. The summed E-state index contributed by atoms with van der Waals surface area (Å²) >= 11 is 0. The van der Waals surface area contributed by atoms with Crippen molar-refractivity contribution in [3.8, 4) is 23.0 Å². The van der Waals surface area contributed by atoms with Crippen LogP contribution < -0.4 is 0 Å². The van der Waals surface area contributed by atoms with Gasteiger partial charge < -0.3 is 20.4 Å². The van der Waals surface area contributed by atoms with Crippen LogP contribution in [0.15, 0.2) is 42.5 Å². The van der Waals surface area contributed by atoms with Crippen LogP contribution in [0.2, 0.25) is 0 Å². The Hall–Kier alpha value is -2.95. The lowest BCUT2D eigenvalue weighted by Gasteiger charge is -2.02. The molecule has 0 atom stereocenters. The molecule has 0 spiro atoms. The number of hydrogen-bond donors (Lipinski definition) is 4. The lowest BCUT2D eigenvalue weighted by atomic mass is 10.1. The third kappa shape index (κ3) is 4.02. The molecule has 22 heavy (non-hydrogen) atoms. The number of benzene rings is 2. The van der Waals surface area contributed by atoms with E-state index in [1.807, 2.05) is 0 Å². The van der Waals surface area contributed by atoms with Gasteiger partial charge in [0.1, 0.15) is 0 Å². The van der Waals surface area contributed by atoms with Crippen molar-refractivity contribution in [3.05, 3.63) is 53.6 Å². The Balaban J connectivity index is 1.93. The number of rotatable bonds is 5. The first kappa shape index (κ1) is 15.4. The van der Waals surface area contributed by atoms with Crippen LogP contribution in [-0.2, 0) is 11.2 Å². The third-order valence-corrected chi connectivity index (χ3v) is 3.16. The van der Waals surface area contributed by atoms with Gasteiger partial charge in [-0.05, 0) is 47.9 Å². The van der Waals surface area contributed by atoms with Crippen molar-refractivity contribution in [1.29, 1.82) is 0 Å². The van der Waals surface area contributed by atoms with Crippen LogP contribution in [0.1, 0.15) is 17.5 Å². The fourth-order valence-corrected chi connectivity index (χ4v) is 1.91. The molecule has 0 unspecified atom stereocenters. The molecular formula is C17H16O5. The topological polar surface area (TPSA) is 98.0 Å². The van der Waals surface area contributed by atoms with Gasteiger partial charge in [0.15, 0.2) is 28.8 Å². The van der Waals surface area contributed by atoms with Crippen molar-refractivity contribution in [3.63, 3.8) is 0 Å². The summed E-state index contributed by atoms with van der Waals surface area (Å²) < 4.78 is 0. The number of hydrogen-bond acceptors (Lipinski definition) is 5. The molecular weight excluding hydrogens is 284 g/mol. The maximum Gasteiger partial charge on any atom is 0.157 e. The first-order chi connectivity index (χ1) is 10.5. The van der Waals surface area contributed by atoms with Gasteiger partial charge in [-0.15, -0.1) is 0 Å². The maximum atomic E-state index is 11.8. The molecule has 0 aromatic heterocycles. The van der Waals surface area contributed by atoms with Crippen molar-refractivity contribution in [2.45, 2.75) is 12.8 Å². The molecule has 2 aromatic rings. The molecule has 0 amide bonds. The van der Waals surface area contributed by atoms with Gasteiger partial charge in [0.25, 0.3) is 0 Å². The van der Waals surface area contributed by atoms with E-state index >= 15 is 0 Å². The Morgan fingerprint density at radius 2 is 1.50 bits per heavy atom. The van der Waals surface area contributed by atoms with Crippen LogP contribution in [0, 0.1) is 0 Å². The molecule has 2 aromatic carbocycles. The van der Waals surface area contributed by atoms with Crippen LogP contribution in [0.3, 0.4) is 0 Å². The molecule has 0 radical (unpaired) electrons. The van der Waals surface area contributed by atoms with Gasteiger partial charge in [-0.2, -0.15) is 0 Å². The van der Waals surface area contributed by atoms with E-state index in [9.17, 15) is 25.2 Å². The molecule has 0 saturated heterocycles. The van der Waals surface area contributed by atoms with E-state index < -0.39 is 0 Å². The number of aryl methyl sites for hydroxylation is 1. The highest BCUT2D eigenvalue weighted by Crippen LogP contribution is 2.26. The lowest BCUT2D eigenvalue weighted by Crippen LogP contribution is -1.96. The van der Waals surface area contributed by atoms with Gasteiger partial charge in [0.2, 0.25) is 0 Å². The second kappa shape index (κ2) is 6.67. The molecule has 0 bridgehead atoms. The van der Waals surface area contributed by atoms with E-state index in [-0.39, 0.29) is 35.2 Å². The van der Waals surface area contributed by atoms with Gasteiger partial charge in [0, 0.05) is 6.42 Å². The number of ketones is 1. The highest BCUT2D eigenvalue weighted by Gasteiger charge is 2.04. The monoisotopic (exact) mass is 300 g/mol. The van der Waals surface area contributed by atoms with Gasteiger partial charge in [0.05, 0.1) is 0 Å². The first-order valence-electron chi connectivity index (χ1n) is 6.69. The quantitative estimate of drug-likeness (QED) is 0.503. The minimum Gasteiger partial charge on any atom is -0.504 e. The summed E-state index contributed by atoms with van der Waals surface area (Å²) in [5.74, 6) is -0.966. The molecule has 0 heterocycles. The Labute approximate surface area is 127 Å². The van der Waals surface area contributed by atoms with Gasteiger partial charge in [-0.25, -0.2) is 0 Å². The number of phenolic OH excluding ortho intramolecular Hbond substituents is 4. The summed E-state index contributed by atoms with van der Waals surface area (Å²) in [5, 5.41) is 37.1. The van der Waals surface area contributed by atoms with Crippen molar-refractivity contribution in [2.24, 2.45) is 0 Å². The lowest BCUT2D eigenvalue weighted by molar-refractivity contribution is -0.114. The van der Waals surface area contributed by atoms with Crippen LogP contribution in [0.5, 0.6) is 23.0 Å². The maximum absolute atomic E-state index is 11.8. The van der Waals surface area contributed by atoms with Crippen molar-refractivity contribution >= 4 is 11.9 Å². The molecule has 0 aliphatic heterocycles. The average Bonchev–Trinajstić information content (AvgIpc) is 2.49.